The molecule has 0 aromatic heterocycles. The predicted octanol–water partition coefficient (Wildman–Crippen LogP) is 4.11. The van der Waals surface area contributed by atoms with E-state index in [2.05, 4.69) is 17.5 Å². The molecule has 6 atom stereocenters. The molecular weight excluding hydrogens is 388 g/mol. The van der Waals surface area contributed by atoms with Crippen molar-refractivity contribution in [2.45, 2.75) is 20.3 Å². The summed E-state index contributed by atoms with van der Waals surface area (Å²) in [4.78, 5) is 40.4. The van der Waals surface area contributed by atoms with Gasteiger partial charge in [-0.2, -0.15) is 0 Å². The number of amides is 3. The van der Waals surface area contributed by atoms with Gasteiger partial charge in [-0.15, -0.1) is 0 Å². The third-order valence-electron chi connectivity index (χ3n) is 7.82. The monoisotopic (exact) mass is 412 g/mol. The van der Waals surface area contributed by atoms with E-state index in [4.69, 9.17) is 0 Å². The van der Waals surface area contributed by atoms with Gasteiger partial charge in [-0.25, -0.2) is 0 Å². The topological polar surface area (TPSA) is 66.5 Å². The maximum absolute atomic E-state index is 13.2. The van der Waals surface area contributed by atoms with Crippen LogP contribution in [0, 0.1) is 49.4 Å². The second-order valence-corrected chi connectivity index (χ2v) is 9.47. The Morgan fingerprint density at radius 2 is 1.48 bits per heavy atom. The lowest BCUT2D eigenvalue weighted by Crippen LogP contribution is -2.40. The van der Waals surface area contributed by atoms with E-state index in [1.807, 2.05) is 32.0 Å². The number of rotatable bonds is 3. The van der Waals surface area contributed by atoms with E-state index in [0.29, 0.717) is 23.1 Å². The summed E-state index contributed by atoms with van der Waals surface area (Å²) in [5, 5.41) is 2.91. The first-order chi connectivity index (χ1) is 14.9. The molecule has 1 saturated heterocycles. The molecular formula is C26H24N2O3. The molecule has 3 fully saturated rings. The van der Waals surface area contributed by atoms with Gasteiger partial charge < -0.3 is 5.32 Å². The van der Waals surface area contributed by atoms with Crippen molar-refractivity contribution in [1.82, 2.24) is 0 Å². The highest BCUT2D eigenvalue weighted by Gasteiger charge is 2.67. The molecule has 5 heteroatoms. The zero-order valence-electron chi connectivity index (χ0n) is 17.5. The molecule has 5 nitrogen and oxygen atoms in total. The minimum atomic E-state index is -0.218. The van der Waals surface area contributed by atoms with E-state index >= 15 is 0 Å². The van der Waals surface area contributed by atoms with E-state index in [1.54, 1.807) is 24.3 Å². The van der Waals surface area contributed by atoms with Gasteiger partial charge in [-0.1, -0.05) is 18.2 Å². The van der Waals surface area contributed by atoms with E-state index < -0.39 is 0 Å². The molecule has 31 heavy (non-hydrogen) atoms. The number of nitrogens with zero attached hydrogens (tertiary/aromatic N) is 1. The summed E-state index contributed by atoms with van der Waals surface area (Å²) in [6, 6.07) is 12.6. The van der Waals surface area contributed by atoms with Crippen molar-refractivity contribution >= 4 is 29.1 Å². The standard InChI is InChI=1S/C26H24N2O3/c1-13-3-6-16(11-14(13)2)27-24(29)15-4-7-17(8-5-15)28-25(30)22-18-9-10-19(21-12-20(18)21)23(22)26(28)31/h3-11,18-23H,12H2,1-2H3,(H,27,29)/t18-,19-,20-,21-,22-,23+/m0/s1. The number of imide groups is 1. The molecule has 2 bridgehead atoms. The summed E-state index contributed by atoms with van der Waals surface area (Å²) in [5.74, 6) is 0.810. The molecule has 156 valence electrons. The highest BCUT2D eigenvalue weighted by Crippen LogP contribution is 2.65. The van der Waals surface area contributed by atoms with Crippen molar-refractivity contribution in [3.63, 3.8) is 0 Å². The van der Waals surface area contributed by atoms with Crippen LogP contribution >= 0.6 is 0 Å². The molecule has 1 N–H and O–H groups in total. The zero-order chi connectivity index (χ0) is 21.4. The third kappa shape index (κ3) is 2.65. The molecule has 4 aliphatic carbocycles. The van der Waals surface area contributed by atoms with Crippen LogP contribution in [0.4, 0.5) is 11.4 Å². The smallest absolute Gasteiger partial charge is 0.255 e. The van der Waals surface area contributed by atoms with Crippen LogP contribution in [0.2, 0.25) is 0 Å². The Bertz CT molecular complexity index is 1130. The van der Waals surface area contributed by atoms with Gasteiger partial charge in [0.1, 0.15) is 0 Å². The fourth-order valence-electron chi connectivity index (χ4n) is 6.00. The maximum atomic E-state index is 13.2. The van der Waals surface area contributed by atoms with E-state index in [-0.39, 0.29) is 41.4 Å². The first kappa shape index (κ1) is 18.6. The van der Waals surface area contributed by atoms with Crippen molar-refractivity contribution < 1.29 is 14.4 Å². The van der Waals surface area contributed by atoms with Crippen molar-refractivity contribution in [2.24, 2.45) is 35.5 Å². The van der Waals surface area contributed by atoms with Crippen LogP contribution in [0.15, 0.2) is 54.6 Å². The third-order valence-corrected chi connectivity index (χ3v) is 7.82. The van der Waals surface area contributed by atoms with Gasteiger partial charge in [0.05, 0.1) is 17.5 Å². The molecule has 5 aliphatic rings. The Morgan fingerprint density at radius 3 is 2.06 bits per heavy atom. The van der Waals surface area contributed by atoms with Crippen LogP contribution in [0.3, 0.4) is 0 Å². The van der Waals surface area contributed by atoms with Gasteiger partial charge >= 0.3 is 0 Å². The average molecular weight is 412 g/mol. The van der Waals surface area contributed by atoms with Crippen LogP contribution in [0.1, 0.15) is 27.9 Å². The molecule has 2 aromatic rings. The summed E-state index contributed by atoms with van der Waals surface area (Å²) in [5.41, 5.74) is 4.07. The minimum absolute atomic E-state index is 0.0768. The quantitative estimate of drug-likeness (QED) is 0.609. The molecule has 0 radical (unpaired) electrons. The van der Waals surface area contributed by atoms with Gasteiger partial charge in [0.15, 0.2) is 0 Å². The Hall–Kier alpha value is -3.21. The van der Waals surface area contributed by atoms with Crippen LogP contribution in [0.25, 0.3) is 0 Å². The lowest BCUT2D eigenvalue weighted by atomic mass is 9.63. The van der Waals surface area contributed by atoms with Crippen molar-refractivity contribution in [3.8, 4) is 0 Å². The van der Waals surface area contributed by atoms with Gasteiger partial charge in [0.25, 0.3) is 5.91 Å². The first-order valence-electron chi connectivity index (χ1n) is 11.0. The summed E-state index contributed by atoms with van der Waals surface area (Å²) < 4.78 is 0. The second-order valence-electron chi connectivity index (χ2n) is 9.47. The number of carbonyl (C=O) groups excluding carboxylic acids is 3. The predicted molar refractivity (Wildman–Crippen MR) is 118 cm³/mol. The van der Waals surface area contributed by atoms with Gasteiger partial charge in [0.2, 0.25) is 11.8 Å². The van der Waals surface area contributed by atoms with E-state index in [0.717, 1.165) is 17.7 Å². The minimum Gasteiger partial charge on any atom is -0.322 e. The van der Waals surface area contributed by atoms with Crippen LogP contribution in [0.5, 0.6) is 0 Å². The summed E-state index contributed by atoms with van der Waals surface area (Å²) in [7, 11) is 0. The fourth-order valence-corrected chi connectivity index (χ4v) is 6.00. The highest BCUT2D eigenvalue weighted by molar-refractivity contribution is 6.22. The number of benzene rings is 2. The second kappa shape index (κ2) is 6.39. The van der Waals surface area contributed by atoms with Gasteiger partial charge in [-0.3, -0.25) is 19.3 Å². The maximum Gasteiger partial charge on any atom is 0.255 e. The molecule has 2 aromatic carbocycles. The summed E-state index contributed by atoms with van der Waals surface area (Å²) >= 11 is 0. The molecule has 0 unspecified atom stereocenters. The number of allylic oxidation sites excluding steroid dienone is 2. The molecule has 2 saturated carbocycles. The highest BCUT2D eigenvalue weighted by atomic mass is 16.2. The van der Waals surface area contributed by atoms with Crippen molar-refractivity contribution in [2.75, 3.05) is 10.2 Å². The van der Waals surface area contributed by atoms with Crippen molar-refractivity contribution in [1.29, 1.82) is 0 Å². The van der Waals surface area contributed by atoms with Crippen LogP contribution in [-0.4, -0.2) is 17.7 Å². The Balaban J connectivity index is 1.22. The summed E-state index contributed by atoms with van der Waals surface area (Å²) in [6.45, 7) is 4.04. The largest absolute Gasteiger partial charge is 0.322 e. The zero-order valence-corrected chi connectivity index (χ0v) is 17.5. The first-order valence-corrected chi connectivity index (χ1v) is 11.0. The Kier molecular flexibility index (Phi) is 3.83. The summed E-state index contributed by atoms with van der Waals surface area (Å²) in [6.07, 6.45) is 5.50. The number of hydrogen-bond acceptors (Lipinski definition) is 3. The number of anilines is 2. The number of nitrogens with one attached hydrogen (secondary N) is 1. The van der Waals surface area contributed by atoms with E-state index in [9.17, 15) is 14.4 Å². The Morgan fingerprint density at radius 1 is 0.871 bits per heavy atom. The number of carbonyl (C=O) groups is 3. The van der Waals surface area contributed by atoms with Crippen LogP contribution < -0.4 is 10.2 Å². The Labute approximate surface area is 181 Å². The van der Waals surface area contributed by atoms with E-state index in [1.165, 1.54) is 10.5 Å². The van der Waals surface area contributed by atoms with Crippen molar-refractivity contribution in [3.05, 3.63) is 71.3 Å². The average Bonchev–Trinajstić information content (AvgIpc) is 3.54. The number of aryl methyl sites for hydroxylation is 2. The lowest BCUT2D eigenvalue weighted by molar-refractivity contribution is -0.124. The molecule has 1 aliphatic heterocycles. The molecule has 1 heterocycles. The molecule has 7 rings (SSSR count). The SMILES string of the molecule is Cc1ccc(NC(=O)c2ccc(N3C(=O)[C@@H]4[C@H]5C=C[C@@H]([C@@H]6C[C@@H]56)[C@@H]4C3=O)cc2)cc1C. The normalized spacial score (nSPS) is 32.1. The van der Waals surface area contributed by atoms with Crippen LogP contribution in [-0.2, 0) is 9.59 Å². The van der Waals surface area contributed by atoms with Gasteiger partial charge in [-0.05, 0) is 91.5 Å². The lowest BCUT2D eigenvalue weighted by Gasteiger charge is -2.37. The molecule has 0 spiro atoms. The molecule has 3 amide bonds. The number of hydrogen-bond donors (Lipinski definition) is 1. The van der Waals surface area contributed by atoms with Gasteiger partial charge in [0, 0.05) is 11.3 Å². The fraction of sp³-hybridized carbons (Fsp3) is 0.346.